The zero-order valence-corrected chi connectivity index (χ0v) is 16.3. The van der Waals surface area contributed by atoms with Gasteiger partial charge in [0, 0.05) is 12.5 Å². The lowest BCUT2D eigenvalue weighted by molar-refractivity contribution is 0.243. The Labute approximate surface area is 151 Å². The molecule has 2 atom stereocenters. The van der Waals surface area contributed by atoms with Crippen LogP contribution in [-0.2, 0) is 4.43 Å². The highest BCUT2D eigenvalue weighted by molar-refractivity contribution is 6.99. The molecular formula is C22H27FOSi. The van der Waals surface area contributed by atoms with Gasteiger partial charge in [0.15, 0.2) is 0 Å². The summed E-state index contributed by atoms with van der Waals surface area (Å²) in [7, 11) is -2.55. The topological polar surface area (TPSA) is 9.23 Å². The van der Waals surface area contributed by atoms with Crippen molar-refractivity contribution in [3.8, 4) is 0 Å². The molecule has 2 aromatic rings. The Morgan fingerprint density at radius 2 is 1.56 bits per heavy atom. The number of halogens is 1. The molecule has 3 rings (SSSR count). The second-order valence-electron chi connectivity index (χ2n) is 8.01. The molecule has 0 amide bonds. The van der Waals surface area contributed by atoms with Gasteiger partial charge in [-0.25, -0.2) is 4.39 Å². The van der Waals surface area contributed by atoms with Crippen LogP contribution in [0.1, 0.15) is 27.2 Å². The maximum absolute atomic E-state index is 14.4. The molecule has 25 heavy (non-hydrogen) atoms. The fourth-order valence-corrected chi connectivity index (χ4v) is 8.36. The highest BCUT2D eigenvalue weighted by Crippen LogP contribution is 2.49. The van der Waals surface area contributed by atoms with Crippen molar-refractivity contribution in [2.45, 2.75) is 37.9 Å². The van der Waals surface area contributed by atoms with Crippen molar-refractivity contribution in [1.29, 1.82) is 0 Å². The molecule has 1 nitrogen and oxygen atoms in total. The number of benzene rings is 2. The van der Waals surface area contributed by atoms with E-state index in [0.29, 0.717) is 13.0 Å². The molecule has 1 aliphatic carbocycles. The van der Waals surface area contributed by atoms with E-state index in [1.807, 2.05) is 12.1 Å². The van der Waals surface area contributed by atoms with E-state index < -0.39 is 14.0 Å². The van der Waals surface area contributed by atoms with Crippen LogP contribution < -0.4 is 10.4 Å². The van der Waals surface area contributed by atoms with Gasteiger partial charge in [-0.15, -0.1) is 0 Å². The van der Waals surface area contributed by atoms with Crippen molar-refractivity contribution in [3.63, 3.8) is 0 Å². The Kier molecular flexibility index (Phi) is 4.73. The van der Waals surface area contributed by atoms with Crippen molar-refractivity contribution in [2.24, 2.45) is 5.92 Å². The molecule has 0 saturated heterocycles. The molecule has 2 aromatic carbocycles. The third-order valence-corrected chi connectivity index (χ3v) is 10.3. The second kappa shape index (κ2) is 6.54. The Balaban J connectivity index is 2.05. The molecule has 0 unspecified atom stereocenters. The van der Waals surface area contributed by atoms with Gasteiger partial charge in [-0.1, -0.05) is 94.1 Å². The quantitative estimate of drug-likeness (QED) is 0.549. The summed E-state index contributed by atoms with van der Waals surface area (Å²) < 4.78 is 21.1. The van der Waals surface area contributed by atoms with Gasteiger partial charge in [-0.05, 0) is 21.8 Å². The van der Waals surface area contributed by atoms with E-state index in [1.54, 1.807) is 0 Å². The van der Waals surface area contributed by atoms with Gasteiger partial charge in [0.2, 0.25) is 0 Å². The normalized spacial score (nSPS) is 23.3. The molecule has 1 fully saturated rings. The van der Waals surface area contributed by atoms with E-state index in [0.717, 1.165) is 0 Å². The standard InChI is InChI=1S/C22H27FOSi/c1-5-22(23)16-18(22)17-24-25(21(2,3)4,19-12-8-6-9-13-19)20-14-10-7-11-15-20/h5-15,18H,1,16-17H2,2-4H3/t18-,22-/m0/s1. The minimum Gasteiger partial charge on any atom is -0.407 e. The molecular weight excluding hydrogens is 327 g/mol. The lowest BCUT2D eigenvalue weighted by Crippen LogP contribution is -2.66. The first-order valence-corrected chi connectivity index (χ1v) is 10.8. The molecule has 0 bridgehead atoms. The fourth-order valence-electron chi connectivity index (χ4n) is 3.75. The summed E-state index contributed by atoms with van der Waals surface area (Å²) in [5.41, 5.74) is -1.24. The van der Waals surface area contributed by atoms with E-state index in [4.69, 9.17) is 4.43 Å². The minimum atomic E-state index is -2.55. The van der Waals surface area contributed by atoms with E-state index >= 15 is 0 Å². The van der Waals surface area contributed by atoms with Crippen LogP contribution in [0.3, 0.4) is 0 Å². The van der Waals surface area contributed by atoms with E-state index in [1.165, 1.54) is 16.4 Å². The third-order valence-electron chi connectivity index (χ3n) is 5.33. The molecule has 3 heteroatoms. The van der Waals surface area contributed by atoms with Crippen molar-refractivity contribution < 1.29 is 8.82 Å². The lowest BCUT2D eigenvalue weighted by atomic mass is 10.2. The largest absolute Gasteiger partial charge is 0.407 e. The molecule has 1 aliphatic rings. The van der Waals surface area contributed by atoms with Crippen LogP contribution in [0, 0.1) is 5.92 Å². The summed E-state index contributed by atoms with van der Waals surface area (Å²) in [6.45, 7) is 10.8. The van der Waals surface area contributed by atoms with E-state index in [9.17, 15) is 4.39 Å². The van der Waals surface area contributed by atoms with Gasteiger partial charge in [0.05, 0.1) is 0 Å². The first-order valence-electron chi connectivity index (χ1n) is 8.91. The van der Waals surface area contributed by atoms with Crippen LogP contribution in [-0.4, -0.2) is 20.6 Å². The molecule has 0 spiro atoms. The Morgan fingerprint density at radius 3 is 1.92 bits per heavy atom. The first-order chi connectivity index (χ1) is 11.8. The van der Waals surface area contributed by atoms with Crippen molar-refractivity contribution in [3.05, 3.63) is 73.3 Å². The molecule has 0 aromatic heterocycles. The van der Waals surface area contributed by atoms with Gasteiger partial charge in [0.25, 0.3) is 8.32 Å². The van der Waals surface area contributed by atoms with Gasteiger partial charge in [0.1, 0.15) is 5.67 Å². The SMILES string of the molecule is C=C[C@]1(F)C[C@H]1CO[Si](c1ccccc1)(c1ccccc1)C(C)(C)C. The summed E-state index contributed by atoms with van der Waals surface area (Å²) >= 11 is 0. The summed E-state index contributed by atoms with van der Waals surface area (Å²) in [6, 6.07) is 21.0. The summed E-state index contributed by atoms with van der Waals surface area (Å²) in [6.07, 6.45) is 1.96. The molecule has 0 heterocycles. The molecule has 1 saturated carbocycles. The average molecular weight is 355 g/mol. The number of alkyl halides is 1. The fraction of sp³-hybridized carbons (Fsp3) is 0.364. The highest BCUT2D eigenvalue weighted by Gasteiger charge is 2.56. The third kappa shape index (κ3) is 3.23. The molecule has 0 N–H and O–H groups in total. The maximum atomic E-state index is 14.4. The van der Waals surface area contributed by atoms with Crippen molar-refractivity contribution in [1.82, 2.24) is 0 Å². The number of hydrogen-bond donors (Lipinski definition) is 0. The second-order valence-corrected chi connectivity index (χ2v) is 12.3. The lowest BCUT2D eigenvalue weighted by Gasteiger charge is -2.43. The smallest absolute Gasteiger partial charge is 0.261 e. The molecule has 0 radical (unpaired) electrons. The van der Waals surface area contributed by atoms with Crippen LogP contribution in [0.15, 0.2) is 73.3 Å². The highest BCUT2D eigenvalue weighted by atomic mass is 28.4. The predicted molar refractivity (Wildman–Crippen MR) is 106 cm³/mol. The van der Waals surface area contributed by atoms with Crippen LogP contribution >= 0.6 is 0 Å². The predicted octanol–water partition coefficient (Wildman–Crippen LogP) is 4.48. The van der Waals surface area contributed by atoms with Gasteiger partial charge < -0.3 is 4.43 Å². The Bertz CT molecular complexity index is 683. The van der Waals surface area contributed by atoms with Crippen LogP contribution in [0.2, 0.25) is 5.04 Å². The monoisotopic (exact) mass is 354 g/mol. The van der Waals surface area contributed by atoms with E-state index in [-0.39, 0.29) is 11.0 Å². The van der Waals surface area contributed by atoms with Gasteiger partial charge >= 0.3 is 0 Å². The summed E-state index contributed by atoms with van der Waals surface area (Å²) in [5, 5.41) is 2.40. The average Bonchev–Trinajstić information content (AvgIpc) is 3.27. The van der Waals surface area contributed by atoms with Crippen molar-refractivity contribution >= 4 is 18.7 Å². The maximum Gasteiger partial charge on any atom is 0.261 e. The van der Waals surface area contributed by atoms with Crippen LogP contribution in [0.5, 0.6) is 0 Å². The molecule has 132 valence electrons. The zero-order chi connectivity index (χ0) is 18.1. The van der Waals surface area contributed by atoms with Crippen LogP contribution in [0.25, 0.3) is 0 Å². The number of hydrogen-bond acceptors (Lipinski definition) is 1. The van der Waals surface area contributed by atoms with Crippen LogP contribution in [0.4, 0.5) is 4.39 Å². The number of rotatable bonds is 6. The summed E-state index contributed by atoms with van der Waals surface area (Å²) in [4.78, 5) is 0. The van der Waals surface area contributed by atoms with Gasteiger partial charge in [-0.3, -0.25) is 0 Å². The Morgan fingerprint density at radius 1 is 1.08 bits per heavy atom. The van der Waals surface area contributed by atoms with Gasteiger partial charge in [-0.2, -0.15) is 0 Å². The zero-order valence-electron chi connectivity index (χ0n) is 15.3. The summed E-state index contributed by atoms with van der Waals surface area (Å²) in [5.74, 6) is -0.0772. The first kappa shape index (κ1) is 18.1. The minimum absolute atomic E-state index is 0.0717. The number of allylic oxidation sites excluding steroid dienone is 1. The van der Waals surface area contributed by atoms with E-state index in [2.05, 4.69) is 75.9 Å². The Hall–Kier alpha value is -1.71. The van der Waals surface area contributed by atoms with Crippen molar-refractivity contribution in [2.75, 3.05) is 6.61 Å². The molecule has 0 aliphatic heterocycles.